The van der Waals surface area contributed by atoms with Crippen molar-refractivity contribution in [2.24, 2.45) is 0 Å². The molecule has 1 N–H and O–H groups in total. The van der Waals surface area contributed by atoms with Crippen LogP contribution in [0.15, 0.2) is 53.6 Å². The molecular weight excluding hydrogens is 494 g/mol. The maximum absolute atomic E-state index is 14.2. The van der Waals surface area contributed by atoms with E-state index in [0.717, 1.165) is 43.2 Å². The molecule has 0 amide bonds. The molecule has 37 heavy (non-hydrogen) atoms. The number of H-pyrrole nitrogens is 1. The summed E-state index contributed by atoms with van der Waals surface area (Å²) in [4.78, 5) is 12.6. The van der Waals surface area contributed by atoms with Crippen LogP contribution < -0.4 is 9.47 Å². The summed E-state index contributed by atoms with van der Waals surface area (Å²) < 4.78 is 45.3. The zero-order valence-corrected chi connectivity index (χ0v) is 22.2. The molecular formula is C27H33N3O6S. The standard InChI is InChI=1S/C27H33N3O6S/c1-34-22-13-9-19(10-14-22)17-30(18-20-11-15-23(35-2)16-12-20)37(32,33)26-24(21-7-5-4-6-8-21)25(28-29-26)27(31)36-3/h9-16,21H,4-8,17-18H2,1-3H3,(H,28,29). The summed E-state index contributed by atoms with van der Waals surface area (Å²) in [6, 6.07) is 14.5. The summed E-state index contributed by atoms with van der Waals surface area (Å²) in [5.74, 6) is 0.638. The highest BCUT2D eigenvalue weighted by molar-refractivity contribution is 7.89. The van der Waals surface area contributed by atoms with Gasteiger partial charge in [-0.1, -0.05) is 43.5 Å². The number of ether oxygens (including phenoxy) is 3. The number of carbonyl (C=O) groups excluding carboxylic acids is 1. The van der Waals surface area contributed by atoms with Crippen LogP contribution in [0.4, 0.5) is 0 Å². The molecule has 1 aromatic heterocycles. The predicted molar refractivity (Wildman–Crippen MR) is 138 cm³/mol. The highest BCUT2D eigenvalue weighted by Gasteiger charge is 2.36. The molecule has 0 bridgehead atoms. The van der Waals surface area contributed by atoms with E-state index in [0.29, 0.717) is 17.1 Å². The SMILES string of the molecule is COC(=O)c1n[nH]c(S(=O)(=O)N(Cc2ccc(OC)cc2)Cc2ccc(OC)cc2)c1C1CCCCC1. The van der Waals surface area contributed by atoms with E-state index in [1.54, 1.807) is 38.5 Å². The van der Waals surface area contributed by atoms with Crippen molar-refractivity contribution in [2.75, 3.05) is 21.3 Å². The van der Waals surface area contributed by atoms with E-state index in [1.807, 2.05) is 24.3 Å². The van der Waals surface area contributed by atoms with Crippen LogP contribution in [-0.2, 0) is 27.8 Å². The lowest BCUT2D eigenvalue weighted by atomic mass is 9.84. The summed E-state index contributed by atoms with van der Waals surface area (Å²) in [5, 5.41) is 6.79. The summed E-state index contributed by atoms with van der Waals surface area (Å²) >= 11 is 0. The van der Waals surface area contributed by atoms with Gasteiger partial charge in [0.1, 0.15) is 11.5 Å². The summed E-state index contributed by atoms with van der Waals surface area (Å²) in [7, 11) is 0.354. The fourth-order valence-electron chi connectivity index (χ4n) is 4.78. The van der Waals surface area contributed by atoms with E-state index in [9.17, 15) is 13.2 Å². The lowest BCUT2D eigenvalue weighted by Crippen LogP contribution is -2.31. The summed E-state index contributed by atoms with van der Waals surface area (Å²) in [6.07, 6.45) is 4.62. The van der Waals surface area contributed by atoms with Gasteiger partial charge in [-0.2, -0.15) is 9.40 Å². The first-order valence-electron chi connectivity index (χ1n) is 12.3. The van der Waals surface area contributed by atoms with E-state index >= 15 is 0 Å². The average molecular weight is 528 g/mol. The smallest absolute Gasteiger partial charge is 0.358 e. The molecule has 4 rings (SSSR count). The molecule has 0 atom stereocenters. The molecule has 0 radical (unpaired) electrons. The topological polar surface area (TPSA) is 111 Å². The van der Waals surface area contributed by atoms with Gasteiger partial charge in [0.05, 0.1) is 21.3 Å². The largest absolute Gasteiger partial charge is 0.497 e. The zero-order valence-electron chi connectivity index (χ0n) is 21.4. The molecule has 0 unspecified atom stereocenters. The third-order valence-electron chi connectivity index (χ3n) is 6.79. The summed E-state index contributed by atoms with van der Waals surface area (Å²) in [6.45, 7) is 0.240. The van der Waals surface area contributed by atoms with Gasteiger partial charge in [0.25, 0.3) is 10.0 Å². The third-order valence-corrected chi connectivity index (χ3v) is 8.56. The van der Waals surface area contributed by atoms with Crippen LogP contribution in [0.2, 0.25) is 0 Å². The Morgan fingerprint density at radius 2 is 1.41 bits per heavy atom. The van der Waals surface area contributed by atoms with Crippen molar-refractivity contribution in [3.05, 3.63) is 70.9 Å². The average Bonchev–Trinajstić information content (AvgIpc) is 3.40. The molecule has 0 saturated heterocycles. The third kappa shape index (κ3) is 5.97. The van der Waals surface area contributed by atoms with Crippen molar-refractivity contribution in [3.8, 4) is 11.5 Å². The van der Waals surface area contributed by atoms with Crippen molar-refractivity contribution in [2.45, 2.75) is 56.1 Å². The molecule has 1 aliphatic carbocycles. The first kappa shape index (κ1) is 26.7. The zero-order chi connectivity index (χ0) is 26.4. The second-order valence-corrected chi connectivity index (χ2v) is 11.0. The van der Waals surface area contributed by atoms with Gasteiger partial charge < -0.3 is 14.2 Å². The number of esters is 1. The number of hydrogen-bond donors (Lipinski definition) is 1. The van der Waals surface area contributed by atoms with E-state index in [-0.39, 0.29) is 29.7 Å². The number of aromatic amines is 1. The minimum Gasteiger partial charge on any atom is -0.497 e. The van der Waals surface area contributed by atoms with Crippen molar-refractivity contribution < 1.29 is 27.4 Å². The Morgan fingerprint density at radius 3 is 1.86 bits per heavy atom. The fourth-order valence-corrected chi connectivity index (χ4v) is 6.38. The first-order chi connectivity index (χ1) is 17.9. The van der Waals surface area contributed by atoms with Crippen LogP contribution in [0, 0.1) is 0 Å². The van der Waals surface area contributed by atoms with Gasteiger partial charge in [0.15, 0.2) is 10.7 Å². The Morgan fingerprint density at radius 1 is 0.892 bits per heavy atom. The minimum atomic E-state index is -4.08. The van der Waals surface area contributed by atoms with Gasteiger partial charge in [0.2, 0.25) is 0 Å². The van der Waals surface area contributed by atoms with Gasteiger partial charge in [-0.05, 0) is 54.2 Å². The van der Waals surface area contributed by atoms with Crippen molar-refractivity contribution in [1.29, 1.82) is 0 Å². The second-order valence-electron chi connectivity index (χ2n) is 9.11. The Balaban J connectivity index is 1.76. The first-order valence-corrected chi connectivity index (χ1v) is 13.7. The maximum atomic E-state index is 14.2. The molecule has 0 spiro atoms. The number of hydrogen-bond acceptors (Lipinski definition) is 7. The number of rotatable bonds is 10. The molecule has 198 valence electrons. The normalized spacial score (nSPS) is 14.5. The van der Waals surface area contributed by atoms with Crippen LogP contribution in [0.5, 0.6) is 11.5 Å². The second kappa shape index (κ2) is 11.8. The molecule has 0 aliphatic heterocycles. The number of aromatic nitrogens is 2. The Kier molecular flexibility index (Phi) is 8.50. The lowest BCUT2D eigenvalue weighted by Gasteiger charge is -2.26. The fraction of sp³-hybridized carbons (Fsp3) is 0.407. The van der Waals surface area contributed by atoms with E-state index < -0.39 is 16.0 Å². The van der Waals surface area contributed by atoms with Crippen molar-refractivity contribution >= 4 is 16.0 Å². The Labute approximate surface area is 217 Å². The van der Waals surface area contributed by atoms with E-state index in [2.05, 4.69) is 10.2 Å². The number of sulfonamides is 1. The van der Waals surface area contributed by atoms with E-state index in [4.69, 9.17) is 14.2 Å². The number of nitrogens with zero attached hydrogens (tertiary/aromatic N) is 2. The number of carbonyl (C=O) groups is 1. The minimum absolute atomic E-state index is 0.0400. The van der Waals surface area contributed by atoms with Gasteiger partial charge in [-0.25, -0.2) is 13.2 Å². The Hall–Kier alpha value is -3.37. The number of nitrogens with one attached hydrogen (secondary N) is 1. The molecule has 1 aliphatic rings. The van der Waals surface area contributed by atoms with Gasteiger partial charge in [-0.3, -0.25) is 5.10 Å². The number of benzene rings is 2. The van der Waals surface area contributed by atoms with Crippen molar-refractivity contribution in [3.63, 3.8) is 0 Å². The highest BCUT2D eigenvalue weighted by atomic mass is 32.2. The molecule has 1 saturated carbocycles. The quantitative estimate of drug-likeness (QED) is 0.382. The molecule has 1 fully saturated rings. The highest BCUT2D eigenvalue weighted by Crippen LogP contribution is 2.38. The summed E-state index contributed by atoms with van der Waals surface area (Å²) in [5.41, 5.74) is 2.07. The van der Waals surface area contributed by atoms with Crippen LogP contribution in [0.1, 0.15) is 65.2 Å². The van der Waals surface area contributed by atoms with Crippen LogP contribution in [0.25, 0.3) is 0 Å². The molecule has 9 nitrogen and oxygen atoms in total. The predicted octanol–water partition coefficient (Wildman–Crippen LogP) is 4.65. The van der Waals surface area contributed by atoms with Crippen molar-refractivity contribution in [1.82, 2.24) is 14.5 Å². The molecule has 1 heterocycles. The van der Waals surface area contributed by atoms with Crippen LogP contribution in [-0.4, -0.2) is 50.2 Å². The molecule has 3 aromatic rings. The van der Waals surface area contributed by atoms with Crippen LogP contribution >= 0.6 is 0 Å². The van der Waals surface area contributed by atoms with Gasteiger partial charge >= 0.3 is 5.97 Å². The molecule has 2 aromatic carbocycles. The van der Waals surface area contributed by atoms with E-state index in [1.165, 1.54) is 11.4 Å². The lowest BCUT2D eigenvalue weighted by molar-refractivity contribution is 0.0591. The number of methoxy groups -OCH3 is 3. The Bertz CT molecular complexity index is 1250. The van der Waals surface area contributed by atoms with Gasteiger partial charge in [0, 0.05) is 18.7 Å². The van der Waals surface area contributed by atoms with Gasteiger partial charge in [-0.15, -0.1) is 0 Å². The van der Waals surface area contributed by atoms with Crippen LogP contribution in [0.3, 0.4) is 0 Å². The monoisotopic (exact) mass is 527 g/mol. The molecule has 10 heteroatoms. The maximum Gasteiger partial charge on any atom is 0.358 e.